The number of hydrogen-bond donors (Lipinski definition) is 0. The molecule has 0 aromatic heterocycles. The number of hydrogen-bond acceptors (Lipinski definition) is 3. The van der Waals surface area contributed by atoms with E-state index >= 15 is 0 Å². The Bertz CT molecular complexity index is 264. The van der Waals surface area contributed by atoms with Gasteiger partial charge in [0.1, 0.15) is 0 Å². The summed E-state index contributed by atoms with van der Waals surface area (Å²) in [7, 11) is 0. The van der Waals surface area contributed by atoms with Crippen molar-refractivity contribution < 1.29 is 14.3 Å². The molecule has 1 spiro atoms. The first-order valence-electron chi connectivity index (χ1n) is 6.73. The summed E-state index contributed by atoms with van der Waals surface area (Å²) in [6.45, 7) is 7.08. The van der Waals surface area contributed by atoms with Crippen molar-refractivity contribution in [3.63, 3.8) is 0 Å². The molecule has 0 saturated carbocycles. The van der Waals surface area contributed by atoms with Gasteiger partial charge in [-0.15, -0.1) is 0 Å². The Kier molecular flexibility index (Phi) is 4.05. The molecule has 1 amide bonds. The Labute approximate surface area is 103 Å². The Hall–Kier alpha value is -0.610. The molecule has 2 fully saturated rings. The van der Waals surface area contributed by atoms with Crippen LogP contribution in [0.1, 0.15) is 39.5 Å². The normalized spacial score (nSPS) is 25.2. The maximum atomic E-state index is 12.1. The van der Waals surface area contributed by atoms with E-state index in [4.69, 9.17) is 9.47 Å². The maximum Gasteiger partial charge on any atom is 0.225 e. The zero-order valence-corrected chi connectivity index (χ0v) is 10.9. The van der Waals surface area contributed by atoms with E-state index in [2.05, 4.69) is 6.92 Å². The van der Waals surface area contributed by atoms with Crippen LogP contribution >= 0.6 is 0 Å². The minimum Gasteiger partial charge on any atom is -0.347 e. The number of rotatable bonds is 3. The summed E-state index contributed by atoms with van der Waals surface area (Å²) >= 11 is 0. The molecule has 4 nitrogen and oxygen atoms in total. The number of amides is 1. The minimum atomic E-state index is -0.370. The van der Waals surface area contributed by atoms with Crippen LogP contribution in [-0.4, -0.2) is 42.9 Å². The molecule has 98 valence electrons. The third-order valence-electron chi connectivity index (χ3n) is 3.79. The molecule has 0 aromatic carbocycles. The summed E-state index contributed by atoms with van der Waals surface area (Å²) in [5, 5.41) is 0. The molecule has 1 unspecified atom stereocenters. The quantitative estimate of drug-likeness (QED) is 0.756. The number of likely N-dealkylation sites (tertiary alicyclic amines) is 1. The first-order chi connectivity index (χ1) is 8.17. The molecule has 1 atom stereocenters. The predicted molar refractivity (Wildman–Crippen MR) is 64.5 cm³/mol. The molecule has 4 heteroatoms. The van der Waals surface area contributed by atoms with Gasteiger partial charge in [0.25, 0.3) is 0 Å². The Morgan fingerprint density at radius 1 is 1.29 bits per heavy atom. The zero-order chi connectivity index (χ0) is 12.3. The summed E-state index contributed by atoms with van der Waals surface area (Å²) in [5.41, 5.74) is 0. The highest BCUT2D eigenvalue weighted by atomic mass is 16.7. The van der Waals surface area contributed by atoms with E-state index in [0.717, 1.165) is 38.8 Å². The lowest BCUT2D eigenvalue weighted by Crippen LogP contribution is -2.48. The lowest BCUT2D eigenvalue weighted by Gasteiger charge is -2.38. The minimum absolute atomic E-state index is 0.152. The standard InChI is InChI=1S/C13H23NO3/c1-3-4-11(2)12(15)14-7-5-13(6-8-14)16-9-10-17-13/h11H,3-10H2,1-2H3. The molecule has 17 heavy (non-hydrogen) atoms. The van der Waals surface area contributed by atoms with Gasteiger partial charge in [-0.25, -0.2) is 0 Å². The monoisotopic (exact) mass is 241 g/mol. The van der Waals surface area contributed by atoms with E-state index in [9.17, 15) is 4.79 Å². The number of ether oxygens (including phenoxy) is 2. The van der Waals surface area contributed by atoms with Crippen LogP contribution in [-0.2, 0) is 14.3 Å². The second-order valence-corrected chi connectivity index (χ2v) is 5.12. The van der Waals surface area contributed by atoms with E-state index < -0.39 is 0 Å². The maximum absolute atomic E-state index is 12.1. The molecule has 2 saturated heterocycles. The molecule has 2 aliphatic heterocycles. The first kappa shape index (κ1) is 12.8. The van der Waals surface area contributed by atoms with Crippen molar-refractivity contribution in [1.82, 2.24) is 4.90 Å². The largest absolute Gasteiger partial charge is 0.347 e. The van der Waals surface area contributed by atoms with Crippen LogP contribution in [0.15, 0.2) is 0 Å². The zero-order valence-electron chi connectivity index (χ0n) is 10.9. The molecule has 0 aliphatic carbocycles. The summed E-state index contributed by atoms with van der Waals surface area (Å²) in [6.07, 6.45) is 3.68. The molecule has 0 aromatic rings. The SMILES string of the molecule is CCCC(C)C(=O)N1CCC2(CC1)OCCO2. The van der Waals surface area contributed by atoms with Crippen molar-refractivity contribution in [2.45, 2.75) is 45.3 Å². The molecular weight excluding hydrogens is 218 g/mol. The van der Waals surface area contributed by atoms with Crippen molar-refractivity contribution in [2.24, 2.45) is 5.92 Å². The van der Waals surface area contributed by atoms with Gasteiger partial charge in [0.2, 0.25) is 5.91 Å². The fourth-order valence-electron chi connectivity index (χ4n) is 2.72. The smallest absolute Gasteiger partial charge is 0.225 e. The van der Waals surface area contributed by atoms with Crippen LogP contribution in [0.2, 0.25) is 0 Å². The summed E-state index contributed by atoms with van der Waals surface area (Å²) < 4.78 is 11.3. The van der Waals surface area contributed by atoms with Crippen LogP contribution in [0.4, 0.5) is 0 Å². The van der Waals surface area contributed by atoms with Gasteiger partial charge in [-0.05, 0) is 6.42 Å². The van der Waals surface area contributed by atoms with E-state index in [-0.39, 0.29) is 11.7 Å². The Morgan fingerprint density at radius 2 is 1.88 bits per heavy atom. The van der Waals surface area contributed by atoms with Crippen LogP contribution in [0, 0.1) is 5.92 Å². The second kappa shape index (κ2) is 5.36. The number of carbonyl (C=O) groups is 1. The van der Waals surface area contributed by atoms with Gasteiger partial charge in [0.15, 0.2) is 5.79 Å². The number of piperidine rings is 1. The summed E-state index contributed by atoms with van der Waals surface area (Å²) in [6, 6.07) is 0. The fourth-order valence-corrected chi connectivity index (χ4v) is 2.72. The fraction of sp³-hybridized carbons (Fsp3) is 0.923. The first-order valence-corrected chi connectivity index (χ1v) is 6.73. The summed E-state index contributed by atoms with van der Waals surface area (Å²) in [5.74, 6) is 0.0734. The molecule has 0 N–H and O–H groups in total. The summed E-state index contributed by atoms with van der Waals surface area (Å²) in [4.78, 5) is 14.1. The van der Waals surface area contributed by atoms with Crippen molar-refractivity contribution in [3.8, 4) is 0 Å². The third-order valence-corrected chi connectivity index (χ3v) is 3.79. The predicted octanol–water partition coefficient (Wildman–Crippen LogP) is 1.79. The van der Waals surface area contributed by atoms with Crippen molar-refractivity contribution in [2.75, 3.05) is 26.3 Å². The highest BCUT2D eigenvalue weighted by Crippen LogP contribution is 2.31. The van der Waals surface area contributed by atoms with Gasteiger partial charge in [0.05, 0.1) is 13.2 Å². The van der Waals surface area contributed by atoms with Gasteiger partial charge in [-0.3, -0.25) is 4.79 Å². The van der Waals surface area contributed by atoms with Gasteiger partial charge in [-0.2, -0.15) is 0 Å². The molecular formula is C13H23NO3. The highest BCUT2D eigenvalue weighted by Gasteiger charge is 2.41. The van der Waals surface area contributed by atoms with Crippen LogP contribution < -0.4 is 0 Å². The van der Waals surface area contributed by atoms with Crippen LogP contribution in [0.25, 0.3) is 0 Å². The number of carbonyl (C=O) groups excluding carboxylic acids is 1. The van der Waals surface area contributed by atoms with E-state index in [0.29, 0.717) is 19.1 Å². The van der Waals surface area contributed by atoms with Gasteiger partial charge in [-0.1, -0.05) is 20.3 Å². The Morgan fingerprint density at radius 3 is 2.41 bits per heavy atom. The van der Waals surface area contributed by atoms with Gasteiger partial charge in [0, 0.05) is 31.8 Å². The number of nitrogens with zero attached hydrogens (tertiary/aromatic N) is 1. The average Bonchev–Trinajstić information content (AvgIpc) is 2.78. The van der Waals surface area contributed by atoms with Crippen molar-refractivity contribution in [1.29, 1.82) is 0 Å². The molecule has 0 bridgehead atoms. The van der Waals surface area contributed by atoms with Crippen molar-refractivity contribution >= 4 is 5.91 Å². The van der Waals surface area contributed by atoms with Crippen molar-refractivity contribution in [3.05, 3.63) is 0 Å². The molecule has 2 heterocycles. The van der Waals surface area contributed by atoms with Gasteiger partial charge < -0.3 is 14.4 Å². The van der Waals surface area contributed by atoms with E-state index in [1.807, 2.05) is 11.8 Å². The lowest BCUT2D eigenvalue weighted by molar-refractivity contribution is -0.188. The van der Waals surface area contributed by atoms with E-state index in [1.165, 1.54) is 0 Å². The lowest BCUT2D eigenvalue weighted by atomic mass is 9.99. The van der Waals surface area contributed by atoms with Gasteiger partial charge >= 0.3 is 0 Å². The average molecular weight is 241 g/mol. The van der Waals surface area contributed by atoms with E-state index in [1.54, 1.807) is 0 Å². The highest BCUT2D eigenvalue weighted by molar-refractivity contribution is 5.78. The van der Waals surface area contributed by atoms with Crippen LogP contribution in [0.3, 0.4) is 0 Å². The third kappa shape index (κ3) is 2.80. The van der Waals surface area contributed by atoms with Crippen LogP contribution in [0.5, 0.6) is 0 Å². The topological polar surface area (TPSA) is 38.8 Å². The molecule has 2 rings (SSSR count). The molecule has 0 radical (unpaired) electrons. The Balaban J connectivity index is 1.84. The molecule has 2 aliphatic rings. The second-order valence-electron chi connectivity index (χ2n) is 5.12.